The number of para-hydroxylation sites is 1. The molecule has 2 aliphatic rings. The lowest BCUT2D eigenvalue weighted by molar-refractivity contribution is -0.139. The van der Waals surface area contributed by atoms with Crippen molar-refractivity contribution in [3.8, 4) is 0 Å². The third-order valence-electron chi connectivity index (χ3n) is 5.38. The zero-order valence-electron chi connectivity index (χ0n) is 14.5. The number of amides is 1. The van der Waals surface area contributed by atoms with Gasteiger partial charge in [-0.2, -0.15) is 0 Å². The van der Waals surface area contributed by atoms with E-state index in [4.69, 9.17) is 4.74 Å². The Morgan fingerprint density at radius 1 is 1.26 bits per heavy atom. The summed E-state index contributed by atoms with van der Waals surface area (Å²) in [6.45, 7) is 6.40. The number of rotatable bonds is 3. The van der Waals surface area contributed by atoms with E-state index in [1.165, 1.54) is 5.69 Å². The van der Waals surface area contributed by atoms with Crippen molar-refractivity contribution in [1.82, 2.24) is 4.90 Å². The van der Waals surface area contributed by atoms with Crippen molar-refractivity contribution in [3.05, 3.63) is 30.3 Å². The highest BCUT2D eigenvalue weighted by molar-refractivity contribution is 5.78. The van der Waals surface area contributed by atoms with Crippen LogP contribution in [0.3, 0.4) is 0 Å². The van der Waals surface area contributed by atoms with Crippen molar-refractivity contribution in [2.75, 3.05) is 31.6 Å². The second-order valence-electron chi connectivity index (χ2n) is 7.28. The zero-order valence-corrected chi connectivity index (χ0v) is 14.5. The van der Waals surface area contributed by atoms with Gasteiger partial charge < -0.3 is 14.5 Å². The number of ether oxygens (including phenoxy) is 1. The molecule has 1 aromatic carbocycles. The molecule has 3 rings (SSSR count). The maximum atomic E-state index is 12.1. The van der Waals surface area contributed by atoms with Crippen LogP contribution in [0.15, 0.2) is 30.3 Å². The summed E-state index contributed by atoms with van der Waals surface area (Å²) < 4.78 is 6.25. The van der Waals surface area contributed by atoms with E-state index in [1.807, 2.05) is 24.8 Å². The quantitative estimate of drug-likeness (QED) is 0.859. The Kier molecular flexibility index (Phi) is 4.62. The lowest BCUT2D eigenvalue weighted by atomic mass is 9.86. The van der Waals surface area contributed by atoms with Crippen LogP contribution in [0.2, 0.25) is 0 Å². The van der Waals surface area contributed by atoms with E-state index >= 15 is 0 Å². The molecule has 0 bridgehead atoms. The minimum Gasteiger partial charge on any atom is -0.373 e. The van der Waals surface area contributed by atoms with Gasteiger partial charge in [-0.05, 0) is 31.4 Å². The Labute approximate surface area is 139 Å². The highest BCUT2D eigenvalue weighted by Gasteiger charge is 2.44. The SMILES string of the molecule is CC(C)C(=O)N1CCC2(CC1)CC(N(C)c1ccccc1)CO2. The lowest BCUT2D eigenvalue weighted by Gasteiger charge is -2.39. The van der Waals surface area contributed by atoms with E-state index < -0.39 is 0 Å². The molecule has 1 spiro atoms. The number of hydrogen-bond acceptors (Lipinski definition) is 3. The summed E-state index contributed by atoms with van der Waals surface area (Å²) >= 11 is 0. The number of benzene rings is 1. The Morgan fingerprint density at radius 2 is 1.91 bits per heavy atom. The van der Waals surface area contributed by atoms with Gasteiger partial charge in [-0.15, -0.1) is 0 Å². The van der Waals surface area contributed by atoms with Gasteiger partial charge in [0.25, 0.3) is 0 Å². The Hall–Kier alpha value is -1.55. The molecule has 2 heterocycles. The van der Waals surface area contributed by atoms with E-state index in [-0.39, 0.29) is 17.4 Å². The number of likely N-dealkylation sites (N-methyl/N-ethyl adjacent to an activating group) is 1. The number of carbonyl (C=O) groups excluding carboxylic acids is 1. The van der Waals surface area contributed by atoms with Crippen LogP contribution in [0, 0.1) is 5.92 Å². The summed E-state index contributed by atoms with van der Waals surface area (Å²) in [7, 11) is 2.15. The summed E-state index contributed by atoms with van der Waals surface area (Å²) in [5.74, 6) is 0.362. The average molecular weight is 316 g/mol. The van der Waals surface area contributed by atoms with Crippen molar-refractivity contribution in [1.29, 1.82) is 0 Å². The first kappa shape index (κ1) is 16.3. The average Bonchev–Trinajstić information content (AvgIpc) is 2.99. The molecule has 4 nitrogen and oxygen atoms in total. The van der Waals surface area contributed by atoms with Gasteiger partial charge in [0.15, 0.2) is 0 Å². The molecule has 2 fully saturated rings. The molecule has 0 saturated carbocycles. The first-order valence-electron chi connectivity index (χ1n) is 8.71. The van der Waals surface area contributed by atoms with Crippen LogP contribution in [-0.2, 0) is 9.53 Å². The first-order chi connectivity index (χ1) is 11.0. The van der Waals surface area contributed by atoms with E-state index in [2.05, 4.69) is 36.2 Å². The lowest BCUT2D eigenvalue weighted by Crippen LogP contribution is -2.48. The molecule has 0 aliphatic carbocycles. The summed E-state index contributed by atoms with van der Waals surface area (Å²) in [6.07, 6.45) is 2.98. The van der Waals surface area contributed by atoms with Crippen LogP contribution < -0.4 is 4.90 Å². The largest absolute Gasteiger partial charge is 0.373 e. The fourth-order valence-electron chi connectivity index (χ4n) is 3.79. The first-order valence-corrected chi connectivity index (χ1v) is 8.71. The molecule has 126 valence electrons. The fourth-order valence-corrected chi connectivity index (χ4v) is 3.79. The summed E-state index contributed by atoms with van der Waals surface area (Å²) in [5.41, 5.74) is 1.21. The number of hydrogen-bond donors (Lipinski definition) is 0. The topological polar surface area (TPSA) is 32.8 Å². The Morgan fingerprint density at radius 3 is 2.52 bits per heavy atom. The molecular weight excluding hydrogens is 288 g/mol. The summed E-state index contributed by atoms with van der Waals surface area (Å²) in [4.78, 5) is 16.5. The van der Waals surface area contributed by atoms with E-state index in [1.54, 1.807) is 0 Å². The van der Waals surface area contributed by atoms with Crippen LogP contribution in [0.1, 0.15) is 33.1 Å². The number of carbonyl (C=O) groups is 1. The number of likely N-dealkylation sites (tertiary alicyclic amines) is 1. The molecule has 2 saturated heterocycles. The molecule has 4 heteroatoms. The van der Waals surface area contributed by atoms with Crippen molar-refractivity contribution in [2.24, 2.45) is 5.92 Å². The predicted octanol–water partition coefficient (Wildman–Crippen LogP) is 2.93. The molecule has 1 atom stereocenters. The maximum Gasteiger partial charge on any atom is 0.225 e. The van der Waals surface area contributed by atoms with Crippen LogP contribution >= 0.6 is 0 Å². The van der Waals surface area contributed by atoms with Gasteiger partial charge in [-0.25, -0.2) is 0 Å². The number of piperidine rings is 1. The van der Waals surface area contributed by atoms with Crippen molar-refractivity contribution in [2.45, 2.75) is 44.8 Å². The van der Waals surface area contributed by atoms with Gasteiger partial charge in [0.1, 0.15) is 0 Å². The molecule has 0 radical (unpaired) electrons. The second-order valence-corrected chi connectivity index (χ2v) is 7.28. The zero-order chi connectivity index (χ0) is 16.4. The standard InChI is InChI=1S/C19H28N2O2/c1-15(2)18(22)21-11-9-19(10-12-21)13-17(14-23-19)20(3)16-7-5-4-6-8-16/h4-8,15,17H,9-14H2,1-3H3. The Bertz CT molecular complexity index is 536. The minimum atomic E-state index is -0.0263. The summed E-state index contributed by atoms with van der Waals surface area (Å²) in [5, 5.41) is 0. The minimum absolute atomic E-state index is 0.0263. The molecule has 1 aromatic rings. The molecule has 1 amide bonds. The molecule has 2 aliphatic heterocycles. The highest BCUT2D eigenvalue weighted by Crippen LogP contribution is 2.38. The van der Waals surface area contributed by atoms with E-state index in [0.29, 0.717) is 6.04 Å². The van der Waals surface area contributed by atoms with Gasteiger partial charge in [-0.3, -0.25) is 4.79 Å². The molecular formula is C19H28N2O2. The normalized spacial score (nSPS) is 23.5. The van der Waals surface area contributed by atoms with Crippen molar-refractivity contribution in [3.63, 3.8) is 0 Å². The van der Waals surface area contributed by atoms with Crippen LogP contribution in [-0.4, -0.2) is 49.2 Å². The van der Waals surface area contributed by atoms with E-state index in [0.717, 1.165) is 39.0 Å². The van der Waals surface area contributed by atoms with Crippen molar-refractivity contribution >= 4 is 11.6 Å². The molecule has 0 aromatic heterocycles. The molecule has 1 unspecified atom stereocenters. The van der Waals surface area contributed by atoms with Crippen molar-refractivity contribution < 1.29 is 9.53 Å². The third-order valence-corrected chi connectivity index (χ3v) is 5.38. The van der Waals surface area contributed by atoms with Crippen LogP contribution in [0.5, 0.6) is 0 Å². The number of nitrogens with zero attached hydrogens (tertiary/aromatic N) is 2. The highest BCUT2D eigenvalue weighted by atomic mass is 16.5. The van der Waals surface area contributed by atoms with E-state index in [9.17, 15) is 4.79 Å². The molecule has 23 heavy (non-hydrogen) atoms. The third kappa shape index (κ3) is 3.37. The second kappa shape index (κ2) is 6.52. The van der Waals surface area contributed by atoms with Crippen LogP contribution in [0.25, 0.3) is 0 Å². The Balaban J connectivity index is 1.59. The monoisotopic (exact) mass is 316 g/mol. The maximum absolute atomic E-state index is 12.1. The van der Waals surface area contributed by atoms with Gasteiger partial charge in [0, 0.05) is 31.7 Å². The predicted molar refractivity (Wildman–Crippen MR) is 92.6 cm³/mol. The smallest absolute Gasteiger partial charge is 0.225 e. The molecule has 0 N–H and O–H groups in total. The van der Waals surface area contributed by atoms with Gasteiger partial charge in [-0.1, -0.05) is 32.0 Å². The van der Waals surface area contributed by atoms with Gasteiger partial charge in [0.2, 0.25) is 5.91 Å². The van der Waals surface area contributed by atoms with Gasteiger partial charge in [0.05, 0.1) is 18.2 Å². The van der Waals surface area contributed by atoms with Gasteiger partial charge >= 0.3 is 0 Å². The fraction of sp³-hybridized carbons (Fsp3) is 0.632. The summed E-state index contributed by atoms with van der Waals surface area (Å²) in [6, 6.07) is 10.9. The number of anilines is 1. The van der Waals surface area contributed by atoms with Crippen LogP contribution in [0.4, 0.5) is 5.69 Å².